The van der Waals surface area contributed by atoms with Crippen LogP contribution in [0.25, 0.3) is 0 Å². The fraction of sp³-hybridized carbons (Fsp3) is 0.471. The molecule has 0 saturated heterocycles. The van der Waals surface area contributed by atoms with Crippen molar-refractivity contribution in [3.8, 4) is 0 Å². The fourth-order valence-corrected chi connectivity index (χ4v) is 2.49. The van der Waals surface area contributed by atoms with Gasteiger partial charge in [-0.3, -0.25) is 9.48 Å². The number of ether oxygens (including phenoxy) is 1. The molecule has 2 N–H and O–H groups in total. The highest BCUT2D eigenvalue weighted by Gasteiger charge is 2.39. The van der Waals surface area contributed by atoms with E-state index in [0.29, 0.717) is 11.3 Å². The number of rotatable bonds is 7. The Hall–Kier alpha value is -2.25. The minimum absolute atomic E-state index is 0.107. The highest BCUT2D eigenvalue weighted by atomic mass is 16.5. The molecule has 1 aromatic carbocycles. The Bertz CT molecular complexity index is 724. The molecule has 7 nitrogen and oxygen atoms in total. The lowest BCUT2D eigenvalue weighted by atomic mass is 9.82. The predicted octanol–water partition coefficient (Wildman–Crippen LogP) is 1.98. The molecule has 0 amide bonds. The van der Waals surface area contributed by atoms with Gasteiger partial charge >= 0.3 is 5.97 Å². The van der Waals surface area contributed by atoms with E-state index in [-0.39, 0.29) is 13.2 Å². The summed E-state index contributed by atoms with van der Waals surface area (Å²) in [4.78, 5) is 11.7. The number of aliphatic hydroxyl groups is 1. The maximum atomic E-state index is 11.7. The Morgan fingerprint density at radius 2 is 2.12 bits per heavy atom. The molecular weight excluding hydrogens is 310 g/mol. The molecular formula is C17H23N3O4. The van der Waals surface area contributed by atoms with Gasteiger partial charge in [0.25, 0.3) is 0 Å². The minimum Gasteiger partial charge on any atom is -0.481 e. The van der Waals surface area contributed by atoms with Gasteiger partial charge in [0.2, 0.25) is 0 Å². The van der Waals surface area contributed by atoms with E-state index in [1.165, 1.54) is 0 Å². The van der Waals surface area contributed by atoms with Crippen molar-refractivity contribution in [3.05, 3.63) is 46.8 Å². The van der Waals surface area contributed by atoms with E-state index in [0.717, 1.165) is 11.1 Å². The van der Waals surface area contributed by atoms with Crippen molar-refractivity contribution in [2.24, 2.45) is 12.5 Å². The second-order valence-corrected chi connectivity index (χ2v) is 6.45. The van der Waals surface area contributed by atoms with E-state index < -0.39 is 17.5 Å². The molecule has 130 valence electrons. The van der Waals surface area contributed by atoms with E-state index >= 15 is 0 Å². The van der Waals surface area contributed by atoms with Crippen LogP contribution in [0.4, 0.5) is 0 Å². The Kier molecular flexibility index (Phi) is 5.36. The lowest BCUT2D eigenvalue weighted by Gasteiger charge is -2.31. The number of hydrogen-bond acceptors (Lipinski definition) is 5. The number of benzene rings is 1. The Balaban J connectivity index is 2.33. The van der Waals surface area contributed by atoms with Crippen LogP contribution in [0.2, 0.25) is 0 Å². The Labute approximate surface area is 140 Å². The zero-order chi connectivity index (χ0) is 17.9. The molecule has 1 heterocycles. The smallest absolute Gasteiger partial charge is 0.312 e. The van der Waals surface area contributed by atoms with Crippen LogP contribution in [-0.2, 0) is 29.8 Å². The molecule has 2 aromatic rings. The van der Waals surface area contributed by atoms with Crippen LogP contribution in [0.5, 0.6) is 0 Å². The first-order valence-electron chi connectivity index (χ1n) is 7.66. The highest BCUT2D eigenvalue weighted by molar-refractivity contribution is 5.74. The van der Waals surface area contributed by atoms with Gasteiger partial charge < -0.3 is 14.9 Å². The topological polar surface area (TPSA) is 97.5 Å². The average Bonchev–Trinajstić information content (AvgIpc) is 2.94. The summed E-state index contributed by atoms with van der Waals surface area (Å²) in [6, 6.07) is 5.49. The van der Waals surface area contributed by atoms with Crippen molar-refractivity contribution in [2.75, 3.05) is 0 Å². The van der Waals surface area contributed by atoms with Crippen molar-refractivity contribution in [2.45, 2.75) is 40.1 Å². The second-order valence-electron chi connectivity index (χ2n) is 6.45. The summed E-state index contributed by atoms with van der Waals surface area (Å²) >= 11 is 0. The van der Waals surface area contributed by atoms with E-state index in [4.69, 9.17) is 4.74 Å². The van der Waals surface area contributed by atoms with Gasteiger partial charge in [0.05, 0.1) is 30.9 Å². The number of carboxylic acid groups (broad SMARTS) is 1. The van der Waals surface area contributed by atoms with Crippen molar-refractivity contribution < 1.29 is 19.7 Å². The minimum atomic E-state index is -1.15. The molecule has 0 fully saturated rings. The third-order valence-corrected chi connectivity index (χ3v) is 4.10. The number of aliphatic hydroxyl groups excluding tert-OH is 1. The summed E-state index contributed by atoms with van der Waals surface area (Å²) in [5.74, 6) is -0.960. The molecule has 1 atom stereocenters. The van der Waals surface area contributed by atoms with Crippen LogP contribution in [0.1, 0.15) is 42.3 Å². The van der Waals surface area contributed by atoms with Crippen LogP contribution in [0.15, 0.2) is 24.4 Å². The zero-order valence-corrected chi connectivity index (χ0v) is 14.4. The first kappa shape index (κ1) is 18.1. The number of nitrogens with zero attached hydrogens (tertiary/aromatic N) is 3. The predicted molar refractivity (Wildman–Crippen MR) is 87.1 cm³/mol. The molecule has 0 aliphatic rings. The number of aromatic nitrogens is 3. The molecule has 0 radical (unpaired) electrons. The molecule has 0 aliphatic carbocycles. The number of hydrogen-bond donors (Lipinski definition) is 2. The number of aliphatic carboxylic acids is 1. The molecule has 0 spiro atoms. The van der Waals surface area contributed by atoms with Crippen molar-refractivity contribution in [1.82, 2.24) is 15.0 Å². The van der Waals surface area contributed by atoms with E-state index in [1.807, 2.05) is 19.1 Å². The van der Waals surface area contributed by atoms with Crippen LogP contribution in [-0.4, -0.2) is 31.2 Å². The lowest BCUT2D eigenvalue weighted by Crippen LogP contribution is -2.33. The van der Waals surface area contributed by atoms with E-state index in [9.17, 15) is 15.0 Å². The molecule has 2 rings (SSSR count). The average molecular weight is 333 g/mol. The van der Waals surface area contributed by atoms with Crippen LogP contribution in [0, 0.1) is 12.3 Å². The summed E-state index contributed by atoms with van der Waals surface area (Å²) in [6.45, 7) is 5.18. The fourth-order valence-electron chi connectivity index (χ4n) is 2.49. The molecule has 24 heavy (non-hydrogen) atoms. The summed E-state index contributed by atoms with van der Waals surface area (Å²) < 4.78 is 7.48. The standard InChI is InChI=1S/C17H23N3O4/c1-11-5-6-12(7-13(11)9-21)15(17(2,3)16(22)23)24-10-14-8-20(4)19-18-14/h5-8,15,21H,9-10H2,1-4H3,(H,22,23)/t15-/m1/s1. The first-order valence-corrected chi connectivity index (χ1v) is 7.66. The normalized spacial score (nSPS) is 13.0. The first-order chi connectivity index (χ1) is 11.3. The molecule has 7 heteroatoms. The Morgan fingerprint density at radius 3 is 2.67 bits per heavy atom. The van der Waals surface area contributed by atoms with Crippen LogP contribution in [0.3, 0.4) is 0 Å². The number of aryl methyl sites for hydroxylation is 2. The Morgan fingerprint density at radius 1 is 1.42 bits per heavy atom. The van der Waals surface area contributed by atoms with E-state index in [2.05, 4.69) is 10.3 Å². The second kappa shape index (κ2) is 7.11. The largest absolute Gasteiger partial charge is 0.481 e. The quantitative estimate of drug-likeness (QED) is 0.804. The zero-order valence-electron chi connectivity index (χ0n) is 14.4. The van der Waals surface area contributed by atoms with Gasteiger partial charge in [0.15, 0.2) is 0 Å². The van der Waals surface area contributed by atoms with Gasteiger partial charge in [-0.05, 0) is 37.5 Å². The van der Waals surface area contributed by atoms with Crippen LogP contribution >= 0.6 is 0 Å². The van der Waals surface area contributed by atoms with Gasteiger partial charge in [-0.25, -0.2) is 0 Å². The highest BCUT2D eigenvalue weighted by Crippen LogP contribution is 2.38. The third-order valence-electron chi connectivity index (χ3n) is 4.10. The maximum Gasteiger partial charge on any atom is 0.312 e. The molecule has 0 bridgehead atoms. The van der Waals surface area contributed by atoms with Crippen LogP contribution < -0.4 is 0 Å². The summed E-state index contributed by atoms with van der Waals surface area (Å²) in [6.07, 6.45) is 1.03. The molecule has 1 aromatic heterocycles. The molecule has 0 saturated carbocycles. The van der Waals surface area contributed by atoms with Gasteiger partial charge in [-0.15, -0.1) is 5.10 Å². The van der Waals surface area contributed by atoms with Crippen molar-refractivity contribution >= 4 is 5.97 Å². The monoisotopic (exact) mass is 333 g/mol. The number of carbonyl (C=O) groups is 1. The molecule has 0 aliphatic heterocycles. The summed E-state index contributed by atoms with van der Waals surface area (Å²) in [5.41, 5.74) is 1.88. The van der Waals surface area contributed by atoms with Gasteiger partial charge in [-0.1, -0.05) is 23.4 Å². The lowest BCUT2D eigenvalue weighted by molar-refractivity contribution is -0.158. The summed E-state index contributed by atoms with van der Waals surface area (Å²) in [5, 5.41) is 26.9. The van der Waals surface area contributed by atoms with Crippen molar-refractivity contribution in [3.63, 3.8) is 0 Å². The van der Waals surface area contributed by atoms with Gasteiger partial charge in [-0.2, -0.15) is 0 Å². The van der Waals surface area contributed by atoms with E-state index in [1.54, 1.807) is 37.8 Å². The van der Waals surface area contributed by atoms with Gasteiger partial charge in [0.1, 0.15) is 5.69 Å². The van der Waals surface area contributed by atoms with Crippen molar-refractivity contribution in [1.29, 1.82) is 0 Å². The number of carboxylic acids is 1. The summed E-state index contributed by atoms with van der Waals surface area (Å²) in [7, 11) is 1.75. The van der Waals surface area contributed by atoms with Gasteiger partial charge in [0, 0.05) is 7.05 Å². The SMILES string of the molecule is Cc1ccc([C@@H](OCc2cn(C)nn2)C(C)(C)C(=O)O)cc1CO. The molecule has 0 unspecified atom stereocenters. The maximum absolute atomic E-state index is 11.7. The third kappa shape index (κ3) is 3.80.